The highest BCUT2D eigenvalue weighted by Crippen LogP contribution is 2.33. The van der Waals surface area contributed by atoms with Crippen molar-refractivity contribution in [2.45, 2.75) is 57.9 Å². The number of rotatable bonds is 5. The Hall–Kier alpha value is -2.43. The molecule has 1 aliphatic carbocycles. The fraction of sp³-hybridized carbons (Fsp3) is 0.500. The number of carbonyl (C=O) groups is 1. The van der Waals surface area contributed by atoms with E-state index in [2.05, 4.69) is 48.5 Å². The Morgan fingerprint density at radius 3 is 2.33 bits per heavy atom. The summed E-state index contributed by atoms with van der Waals surface area (Å²) in [5.41, 5.74) is 2.53. The van der Waals surface area contributed by atoms with Gasteiger partial charge in [-0.3, -0.25) is 9.59 Å². The van der Waals surface area contributed by atoms with Gasteiger partial charge in [0.1, 0.15) is 5.69 Å². The summed E-state index contributed by atoms with van der Waals surface area (Å²) in [6.07, 6.45) is 6.56. The van der Waals surface area contributed by atoms with E-state index in [0.29, 0.717) is 5.92 Å². The van der Waals surface area contributed by atoms with E-state index in [1.165, 1.54) is 54.5 Å². The molecule has 1 saturated carbocycles. The van der Waals surface area contributed by atoms with Crippen molar-refractivity contribution in [3.05, 3.63) is 63.6 Å². The monoisotopic (exact) mass is 367 g/mol. The zero-order valence-electron chi connectivity index (χ0n) is 16.4. The predicted octanol–water partition coefficient (Wildman–Crippen LogP) is 3.96. The maximum atomic E-state index is 12.6. The summed E-state index contributed by atoms with van der Waals surface area (Å²) in [5, 5.41) is 7.12. The summed E-state index contributed by atoms with van der Waals surface area (Å²) in [6, 6.07) is 11.5. The molecule has 1 aromatic carbocycles. The molecular weight excluding hydrogens is 338 g/mol. The van der Waals surface area contributed by atoms with Crippen LogP contribution in [0.4, 0.5) is 0 Å². The third-order valence-corrected chi connectivity index (χ3v) is 5.52. The SMILES string of the molecule is CC(C)[C@@H](NC(=O)c1ccc(=O)n(C)n1)c1ccc(C2CCCCC2)cc1. The van der Waals surface area contributed by atoms with Gasteiger partial charge in [-0.25, -0.2) is 4.68 Å². The fourth-order valence-electron chi connectivity index (χ4n) is 3.88. The molecule has 1 aliphatic rings. The average molecular weight is 367 g/mol. The minimum absolute atomic E-state index is 0.100. The van der Waals surface area contributed by atoms with Gasteiger partial charge in [-0.05, 0) is 41.9 Å². The fourth-order valence-corrected chi connectivity index (χ4v) is 3.88. The van der Waals surface area contributed by atoms with Gasteiger partial charge in [0, 0.05) is 13.1 Å². The molecule has 0 radical (unpaired) electrons. The maximum absolute atomic E-state index is 12.6. The van der Waals surface area contributed by atoms with Crippen molar-refractivity contribution in [1.29, 1.82) is 0 Å². The molecule has 3 rings (SSSR count). The third-order valence-electron chi connectivity index (χ3n) is 5.52. The second-order valence-electron chi connectivity index (χ2n) is 7.88. The van der Waals surface area contributed by atoms with Crippen LogP contribution in [0.2, 0.25) is 0 Å². The second-order valence-corrected chi connectivity index (χ2v) is 7.88. The van der Waals surface area contributed by atoms with Crippen molar-refractivity contribution >= 4 is 5.91 Å². The van der Waals surface area contributed by atoms with Crippen LogP contribution in [0.25, 0.3) is 0 Å². The zero-order chi connectivity index (χ0) is 19.4. The lowest BCUT2D eigenvalue weighted by Crippen LogP contribution is -2.33. The van der Waals surface area contributed by atoms with Crippen molar-refractivity contribution in [2.75, 3.05) is 0 Å². The second kappa shape index (κ2) is 8.51. The molecule has 0 aliphatic heterocycles. The van der Waals surface area contributed by atoms with Crippen LogP contribution in [-0.4, -0.2) is 15.7 Å². The normalized spacial score (nSPS) is 16.3. The first-order valence-corrected chi connectivity index (χ1v) is 9.91. The molecule has 1 fully saturated rings. The molecule has 1 N–H and O–H groups in total. The van der Waals surface area contributed by atoms with Gasteiger partial charge in [0.2, 0.25) is 0 Å². The van der Waals surface area contributed by atoms with Crippen LogP contribution in [-0.2, 0) is 7.05 Å². The van der Waals surface area contributed by atoms with Crippen LogP contribution < -0.4 is 10.9 Å². The third kappa shape index (κ3) is 4.65. The molecule has 1 aromatic heterocycles. The van der Waals surface area contributed by atoms with Gasteiger partial charge in [0.15, 0.2) is 0 Å². The number of aryl methyl sites for hydroxylation is 1. The van der Waals surface area contributed by atoms with E-state index >= 15 is 0 Å². The van der Waals surface area contributed by atoms with Crippen LogP contribution in [0.15, 0.2) is 41.2 Å². The highest BCUT2D eigenvalue weighted by Gasteiger charge is 2.21. The topological polar surface area (TPSA) is 64.0 Å². The van der Waals surface area contributed by atoms with Gasteiger partial charge in [-0.15, -0.1) is 0 Å². The number of carbonyl (C=O) groups excluding carboxylic acids is 1. The quantitative estimate of drug-likeness (QED) is 0.870. The molecule has 27 heavy (non-hydrogen) atoms. The summed E-state index contributed by atoms with van der Waals surface area (Å²) in [5.74, 6) is 0.650. The minimum Gasteiger partial charge on any atom is -0.344 e. The zero-order valence-corrected chi connectivity index (χ0v) is 16.4. The Bertz CT molecular complexity index is 833. The van der Waals surface area contributed by atoms with Crippen LogP contribution >= 0.6 is 0 Å². The van der Waals surface area contributed by atoms with E-state index in [0.717, 1.165) is 5.56 Å². The van der Waals surface area contributed by atoms with Crippen molar-refractivity contribution in [1.82, 2.24) is 15.1 Å². The van der Waals surface area contributed by atoms with E-state index in [-0.39, 0.29) is 29.1 Å². The maximum Gasteiger partial charge on any atom is 0.272 e. The summed E-state index contributed by atoms with van der Waals surface area (Å²) >= 11 is 0. The minimum atomic E-state index is -0.263. The van der Waals surface area contributed by atoms with Crippen LogP contribution in [0.5, 0.6) is 0 Å². The smallest absolute Gasteiger partial charge is 0.272 e. The van der Waals surface area contributed by atoms with E-state index in [1.807, 2.05) is 0 Å². The number of hydrogen-bond donors (Lipinski definition) is 1. The molecule has 1 heterocycles. The molecule has 0 spiro atoms. The first kappa shape index (κ1) is 19.3. The molecule has 0 unspecified atom stereocenters. The Morgan fingerprint density at radius 2 is 1.74 bits per heavy atom. The number of benzene rings is 1. The molecule has 0 bridgehead atoms. The first-order valence-electron chi connectivity index (χ1n) is 9.91. The number of aromatic nitrogens is 2. The van der Waals surface area contributed by atoms with E-state index in [4.69, 9.17) is 0 Å². The molecule has 5 nitrogen and oxygen atoms in total. The molecule has 0 saturated heterocycles. The van der Waals surface area contributed by atoms with Crippen molar-refractivity contribution < 1.29 is 4.79 Å². The Morgan fingerprint density at radius 1 is 1.07 bits per heavy atom. The van der Waals surface area contributed by atoms with E-state index in [9.17, 15) is 9.59 Å². The summed E-state index contributed by atoms with van der Waals surface area (Å²) < 4.78 is 1.18. The predicted molar refractivity (Wildman–Crippen MR) is 107 cm³/mol. The van der Waals surface area contributed by atoms with Crippen molar-refractivity contribution in [2.24, 2.45) is 13.0 Å². The Kier molecular flexibility index (Phi) is 6.09. The van der Waals surface area contributed by atoms with E-state index < -0.39 is 0 Å². The van der Waals surface area contributed by atoms with Gasteiger partial charge in [0.25, 0.3) is 11.5 Å². The van der Waals surface area contributed by atoms with Gasteiger partial charge in [-0.2, -0.15) is 5.10 Å². The van der Waals surface area contributed by atoms with Crippen LogP contribution in [0.1, 0.15) is 79.5 Å². The Labute approximate surface area is 160 Å². The number of amides is 1. The summed E-state index contributed by atoms with van der Waals surface area (Å²) in [4.78, 5) is 24.1. The number of nitrogens with zero attached hydrogens (tertiary/aromatic N) is 2. The average Bonchev–Trinajstić information content (AvgIpc) is 2.68. The molecule has 1 amide bonds. The molecule has 2 aromatic rings. The molecule has 5 heteroatoms. The van der Waals surface area contributed by atoms with Crippen molar-refractivity contribution in [3.8, 4) is 0 Å². The highest BCUT2D eigenvalue weighted by molar-refractivity contribution is 5.92. The van der Waals surface area contributed by atoms with E-state index in [1.54, 1.807) is 7.05 Å². The van der Waals surface area contributed by atoms with Gasteiger partial charge in [0.05, 0.1) is 6.04 Å². The highest BCUT2D eigenvalue weighted by atomic mass is 16.2. The number of hydrogen-bond acceptors (Lipinski definition) is 3. The summed E-state index contributed by atoms with van der Waals surface area (Å²) in [6.45, 7) is 4.18. The lowest BCUT2D eigenvalue weighted by atomic mass is 9.83. The number of nitrogens with one attached hydrogen (secondary N) is 1. The summed E-state index contributed by atoms with van der Waals surface area (Å²) in [7, 11) is 1.54. The van der Waals surface area contributed by atoms with Crippen LogP contribution in [0, 0.1) is 5.92 Å². The molecule has 1 atom stereocenters. The molecular formula is C22H29N3O2. The standard InChI is InChI=1S/C22H29N3O2/c1-15(2)21(23-22(27)19-13-14-20(26)25(3)24-19)18-11-9-17(10-12-18)16-7-5-4-6-8-16/h9-16,21H,4-8H2,1-3H3,(H,23,27)/t21-/m1/s1. The van der Waals surface area contributed by atoms with Gasteiger partial charge < -0.3 is 5.32 Å². The Balaban J connectivity index is 1.75. The van der Waals surface area contributed by atoms with Gasteiger partial charge in [-0.1, -0.05) is 57.4 Å². The van der Waals surface area contributed by atoms with Gasteiger partial charge >= 0.3 is 0 Å². The lowest BCUT2D eigenvalue weighted by Gasteiger charge is -2.25. The largest absolute Gasteiger partial charge is 0.344 e. The van der Waals surface area contributed by atoms with Crippen molar-refractivity contribution in [3.63, 3.8) is 0 Å². The lowest BCUT2D eigenvalue weighted by molar-refractivity contribution is 0.0918. The first-order chi connectivity index (χ1) is 13.0. The van der Waals surface area contributed by atoms with Crippen LogP contribution in [0.3, 0.4) is 0 Å². The molecule has 144 valence electrons.